The molecule has 0 aromatic carbocycles. The maximum atomic E-state index is 12.3. The molecule has 0 bridgehead atoms. The highest BCUT2D eigenvalue weighted by atomic mass is 32.2. The van der Waals surface area contributed by atoms with Gasteiger partial charge in [-0.05, 0) is 37.7 Å². The Bertz CT molecular complexity index is 756. The predicted octanol–water partition coefficient (Wildman–Crippen LogP) is 0.292. The minimum absolute atomic E-state index is 0.0299. The van der Waals surface area contributed by atoms with Gasteiger partial charge >= 0.3 is 0 Å². The van der Waals surface area contributed by atoms with E-state index in [0.717, 1.165) is 43.3 Å². The van der Waals surface area contributed by atoms with E-state index < -0.39 is 9.84 Å². The number of hydrogen-bond donors (Lipinski definition) is 1. The number of carbonyl (C=O) groups excluding carboxylic acids is 1. The maximum absolute atomic E-state index is 12.3. The van der Waals surface area contributed by atoms with E-state index in [1.165, 1.54) is 0 Å². The van der Waals surface area contributed by atoms with Gasteiger partial charge in [-0.3, -0.25) is 4.79 Å². The second-order valence-electron chi connectivity index (χ2n) is 7.14. The van der Waals surface area contributed by atoms with Crippen molar-refractivity contribution in [2.45, 2.75) is 26.3 Å². The minimum Gasteiger partial charge on any atom is -0.350 e. The van der Waals surface area contributed by atoms with Crippen LogP contribution in [0.4, 0.5) is 5.95 Å². The van der Waals surface area contributed by atoms with Crippen LogP contribution in [0, 0.1) is 24.7 Å². The first-order valence-electron chi connectivity index (χ1n) is 8.50. The Balaban J connectivity index is 1.37. The lowest BCUT2D eigenvalue weighted by molar-refractivity contribution is -0.123. The van der Waals surface area contributed by atoms with Crippen molar-refractivity contribution in [2.75, 3.05) is 29.5 Å². The van der Waals surface area contributed by atoms with Gasteiger partial charge in [-0.15, -0.1) is 0 Å². The number of carbonyl (C=O) groups is 1. The first-order chi connectivity index (χ1) is 11.4. The summed E-state index contributed by atoms with van der Waals surface area (Å²) in [7, 11) is -2.91. The molecule has 2 aliphatic heterocycles. The molecule has 2 unspecified atom stereocenters. The predicted molar refractivity (Wildman–Crippen MR) is 89.2 cm³/mol. The lowest BCUT2D eigenvalue weighted by Gasteiger charge is -2.16. The van der Waals surface area contributed by atoms with Crippen molar-refractivity contribution in [3.8, 4) is 0 Å². The Morgan fingerprint density at radius 2 is 1.92 bits per heavy atom. The molecule has 4 rings (SSSR count). The Kier molecular flexibility index (Phi) is 3.74. The summed E-state index contributed by atoms with van der Waals surface area (Å²) in [6.07, 6.45) is 2.33. The van der Waals surface area contributed by atoms with Gasteiger partial charge in [-0.2, -0.15) is 0 Å². The SMILES string of the molecule is Cc1cc(CNC(=O)C2C3CS(=O)(=O)CC32)nc(N2CCCC2)n1. The molecule has 2 saturated heterocycles. The Labute approximate surface area is 141 Å². The smallest absolute Gasteiger partial charge is 0.225 e. The van der Waals surface area contributed by atoms with Gasteiger partial charge in [-0.1, -0.05) is 0 Å². The van der Waals surface area contributed by atoms with E-state index in [0.29, 0.717) is 6.54 Å². The van der Waals surface area contributed by atoms with Crippen LogP contribution in [-0.2, 0) is 21.2 Å². The van der Waals surface area contributed by atoms with Gasteiger partial charge in [0, 0.05) is 24.7 Å². The molecular weight excluding hydrogens is 328 g/mol. The van der Waals surface area contributed by atoms with Crippen LogP contribution in [0.3, 0.4) is 0 Å². The van der Waals surface area contributed by atoms with Crippen LogP contribution in [0.1, 0.15) is 24.2 Å². The maximum Gasteiger partial charge on any atom is 0.225 e. The number of fused-ring (bicyclic) bond motifs is 1. The summed E-state index contributed by atoms with van der Waals surface area (Å²) in [5.74, 6) is 0.965. The fourth-order valence-electron chi connectivity index (χ4n) is 4.00. The topological polar surface area (TPSA) is 92.3 Å². The molecule has 1 aromatic heterocycles. The van der Waals surface area contributed by atoms with Crippen LogP contribution in [0.25, 0.3) is 0 Å². The number of aromatic nitrogens is 2. The summed E-state index contributed by atoms with van der Waals surface area (Å²) in [5, 5.41) is 2.92. The molecule has 1 amide bonds. The van der Waals surface area contributed by atoms with Crippen molar-refractivity contribution >= 4 is 21.7 Å². The first kappa shape index (κ1) is 15.8. The van der Waals surface area contributed by atoms with E-state index in [-0.39, 0.29) is 35.2 Å². The fourth-order valence-corrected chi connectivity index (χ4v) is 6.22. The Morgan fingerprint density at radius 1 is 1.25 bits per heavy atom. The summed E-state index contributed by atoms with van der Waals surface area (Å²) >= 11 is 0. The highest BCUT2D eigenvalue weighted by molar-refractivity contribution is 7.91. The average molecular weight is 350 g/mol. The second kappa shape index (κ2) is 5.68. The molecule has 0 spiro atoms. The van der Waals surface area contributed by atoms with Crippen LogP contribution in [0.5, 0.6) is 0 Å². The Morgan fingerprint density at radius 3 is 2.58 bits per heavy atom. The fraction of sp³-hybridized carbons (Fsp3) is 0.688. The molecule has 8 heteroatoms. The van der Waals surface area contributed by atoms with Crippen LogP contribution in [-0.4, -0.2) is 48.9 Å². The summed E-state index contributed by atoms with van der Waals surface area (Å²) in [5.41, 5.74) is 1.70. The number of anilines is 1. The number of hydrogen-bond acceptors (Lipinski definition) is 6. The molecule has 1 aliphatic carbocycles. The van der Waals surface area contributed by atoms with E-state index in [9.17, 15) is 13.2 Å². The summed E-state index contributed by atoms with van der Waals surface area (Å²) in [6.45, 7) is 4.26. The van der Waals surface area contributed by atoms with Crippen LogP contribution in [0.2, 0.25) is 0 Å². The van der Waals surface area contributed by atoms with Crippen LogP contribution < -0.4 is 10.2 Å². The summed E-state index contributed by atoms with van der Waals surface area (Å²) in [4.78, 5) is 23.5. The third kappa shape index (κ3) is 2.99. The second-order valence-corrected chi connectivity index (χ2v) is 9.30. The molecule has 3 fully saturated rings. The molecule has 0 radical (unpaired) electrons. The number of rotatable bonds is 4. The number of amides is 1. The van der Waals surface area contributed by atoms with Crippen molar-refractivity contribution < 1.29 is 13.2 Å². The zero-order chi connectivity index (χ0) is 16.9. The van der Waals surface area contributed by atoms with Gasteiger partial charge in [0.05, 0.1) is 23.7 Å². The third-order valence-electron chi connectivity index (χ3n) is 5.26. The average Bonchev–Trinajstić information content (AvgIpc) is 2.93. The molecular formula is C16H22N4O3S. The summed E-state index contributed by atoms with van der Waals surface area (Å²) in [6, 6.07) is 1.89. The van der Waals surface area contributed by atoms with Gasteiger partial charge in [0.1, 0.15) is 0 Å². The van der Waals surface area contributed by atoms with Crippen molar-refractivity contribution in [1.82, 2.24) is 15.3 Å². The van der Waals surface area contributed by atoms with Crippen molar-refractivity contribution in [3.05, 3.63) is 17.5 Å². The zero-order valence-corrected chi connectivity index (χ0v) is 14.6. The monoisotopic (exact) mass is 350 g/mol. The minimum atomic E-state index is -2.91. The van der Waals surface area contributed by atoms with Gasteiger partial charge in [0.25, 0.3) is 0 Å². The van der Waals surface area contributed by atoms with Crippen LogP contribution >= 0.6 is 0 Å². The highest BCUT2D eigenvalue weighted by Crippen LogP contribution is 2.52. The van der Waals surface area contributed by atoms with Crippen molar-refractivity contribution in [3.63, 3.8) is 0 Å². The molecule has 2 atom stereocenters. The summed E-state index contributed by atoms with van der Waals surface area (Å²) < 4.78 is 22.9. The van der Waals surface area contributed by atoms with E-state index >= 15 is 0 Å². The molecule has 1 N–H and O–H groups in total. The first-order valence-corrected chi connectivity index (χ1v) is 10.3. The largest absolute Gasteiger partial charge is 0.350 e. The number of nitrogens with one attached hydrogen (secondary N) is 1. The molecule has 1 saturated carbocycles. The van der Waals surface area contributed by atoms with Crippen molar-refractivity contribution in [1.29, 1.82) is 0 Å². The van der Waals surface area contributed by atoms with Crippen LogP contribution in [0.15, 0.2) is 6.07 Å². The molecule has 3 aliphatic rings. The van der Waals surface area contributed by atoms with Gasteiger partial charge < -0.3 is 10.2 Å². The normalized spacial score (nSPS) is 30.2. The molecule has 7 nitrogen and oxygen atoms in total. The Hall–Kier alpha value is -1.70. The van der Waals surface area contributed by atoms with E-state index in [2.05, 4.69) is 20.2 Å². The van der Waals surface area contributed by atoms with Crippen molar-refractivity contribution in [2.24, 2.45) is 17.8 Å². The molecule has 1 aromatic rings. The zero-order valence-electron chi connectivity index (χ0n) is 13.7. The standard InChI is InChI=1S/C16H22N4O3S/c1-10-6-11(19-16(18-10)20-4-2-3-5-20)7-17-15(21)14-12-8-24(22,23)9-13(12)14/h6,12-14H,2-5,7-9H2,1H3,(H,17,21). The quantitative estimate of drug-likeness (QED) is 0.839. The molecule has 3 heterocycles. The molecule has 24 heavy (non-hydrogen) atoms. The number of aryl methyl sites for hydroxylation is 1. The van der Waals surface area contributed by atoms with Gasteiger partial charge in [-0.25, -0.2) is 18.4 Å². The van der Waals surface area contributed by atoms with E-state index in [1.54, 1.807) is 0 Å². The van der Waals surface area contributed by atoms with E-state index in [1.807, 2.05) is 13.0 Å². The molecule has 130 valence electrons. The third-order valence-corrected chi connectivity index (χ3v) is 7.04. The lowest BCUT2D eigenvalue weighted by Crippen LogP contribution is -2.29. The lowest BCUT2D eigenvalue weighted by atomic mass is 10.3. The highest BCUT2D eigenvalue weighted by Gasteiger charge is 2.61. The van der Waals surface area contributed by atoms with Gasteiger partial charge in [0.15, 0.2) is 9.84 Å². The van der Waals surface area contributed by atoms with E-state index in [4.69, 9.17) is 0 Å². The van der Waals surface area contributed by atoms with Gasteiger partial charge in [0.2, 0.25) is 11.9 Å². The number of nitrogens with zero attached hydrogens (tertiary/aromatic N) is 3. The number of sulfone groups is 1.